The number of thioether (sulfide) groups is 1. The summed E-state index contributed by atoms with van der Waals surface area (Å²) in [5.41, 5.74) is 2.42. The molecule has 1 fully saturated rings. The second-order valence-electron chi connectivity index (χ2n) is 6.35. The van der Waals surface area contributed by atoms with E-state index in [0.717, 1.165) is 17.9 Å². The van der Waals surface area contributed by atoms with Gasteiger partial charge in [-0.25, -0.2) is 0 Å². The summed E-state index contributed by atoms with van der Waals surface area (Å²) >= 11 is 1.89. The Balaban J connectivity index is 2.11. The number of hydrogen-bond donors (Lipinski definition) is 0. The van der Waals surface area contributed by atoms with Crippen LogP contribution in [0.4, 0.5) is 0 Å². The minimum atomic E-state index is -0.241. The van der Waals surface area contributed by atoms with Gasteiger partial charge in [-0.3, -0.25) is 0 Å². The third kappa shape index (κ3) is 3.16. The molecule has 2 atom stereocenters. The highest BCUT2D eigenvalue weighted by molar-refractivity contribution is 8.00. The summed E-state index contributed by atoms with van der Waals surface area (Å²) in [5, 5.41) is 0. The zero-order valence-electron chi connectivity index (χ0n) is 12.2. The summed E-state index contributed by atoms with van der Waals surface area (Å²) < 4.78 is 6.18. The summed E-state index contributed by atoms with van der Waals surface area (Å²) in [6.45, 7) is 9.83. The van der Waals surface area contributed by atoms with Crippen molar-refractivity contribution >= 4 is 11.8 Å². The molecule has 2 rings (SSSR count). The highest BCUT2D eigenvalue weighted by atomic mass is 32.2. The molecule has 2 heteroatoms. The van der Waals surface area contributed by atoms with Crippen molar-refractivity contribution in [3.63, 3.8) is 0 Å². The third-order valence-corrected chi connectivity index (χ3v) is 5.39. The van der Waals surface area contributed by atoms with Gasteiger partial charge in [0.15, 0.2) is 0 Å². The minimum Gasteiger partial charge on any atom is -0.360 e. The molecule has 0 bridgehead atoms. The van der Waals surface area contributed by atoms with Gasteiger partial charge in [-0.1, -0.05) is 38.8 Å². The molecule has 1 saturated heterocycles. The number of hydrogen-bond acceptors (Lipinski definition) is 2. The first-order valence-electron chi connectivity index (χ1n) is 6.70. The lowest BCUT2D eigenvalue weighted by molar-refractivity contribution is -0.0164. The van der Waals surface area contributed by atoms with Gasteiger partial charge in [-0.15, -0.1) is 18.2 Å². The van der Waals surface area contributed by atoms with Crippen LogP contribution in [0.2, 0.25) is 0 Å². The van der Waals surface area contributed by atoms with Crippen LogP contribution in [0.15, 0.2) is 24.3 Å². The molecule has 102 valence electrons. The van der Waals surface area contributed by atoms with E-state index < -0.39 is 0 Å². The van der Waals surface area contributed by atoms with E-state index >= 15 is 0 Å². The maximum atomic E-state index is 6.18. The molecule has 0 saturated carbocycles. The second-order valence-corrected chi connectivity index (χ2v) is 7.75. The molecule has 0 radical (unpaired) electrons. The van der Waals surface area contributed by atoms with E-state index in [2.05, 4.69) is 45.7 Å². The molecule has 0 amide bonds. The number of benzene rings is 1. The van der Waals surface area contributed by atoms with Gasteiger partial charge < -0.3 is 4.74 Å². The van der Waals surface area contributed by atoms with E-state index in [0.29, 0.717) is 11.3 Å². The van der Waals surface area contributed by atoms with Crippen molar-refractivity contribution in [3.8, 4) is 12.3 Å². The quantitative estimate of drug-likeness (QED) is 0.707. The van der Waals surface area contributed by atoms with Gasteiger partial charge in [0.25, 0.3) is 0 Å². The van der Waals surface area contributed by atoms with Crippen molar-refractivity contribution in [2.45, 2.75) is 32.6 Å². The van der Waals surface area contributed by atoms with Crippen molar-refractivity contribution in [1.29, 1.82) is 0 Å². The predicted molar refractivity (Wildman–Crippen MR) is 83.1 cm³/mol. The number of terminal acetylenes is 1. The fourth-order valence-corrected chi connectivity index (χ4v) is 3.71. The Hall–Kier alpha value is -0.910. The van der Waals surface area contributed by atoms with E-state index in [1.165, 1.54) is 5.56 Å². The van der Waals surface area contributed by atoms with Crippen LogP contribution in [-0.2, 0) is 9.67 Å². The van der Waals surface area contributed by atoms with E-state index in [-0.39, 0.29) is 4.93 Å². The molecule has 1 aromatic rings. The fraction of sp³-hybridized carbons (Fsp3) is 0.529. The summed E-state index contributed by atoms with van der Waals surface area (Å²) in [6, 6.07) is 8.14. The van der Waals surface area contributed by atoms with Gasteiger partial charge in [0.05, 0.1) is 6.61 Å². The number of ether oxygens (including phenoxy) is 1. The fourth-order valence-electron chi connectivity index (χ4n) is 2.14. The second kappa shape index (κ2) is 5.23. The van der Waals surface area contributed by atoms with Crippen LogP contribution in [0.5, 0.6) is 0 Å². The Morgan fingerprint density at radius 2 is 1.95 bits per heavy atom. The molecule has 1 aromatic carbocycles. The zero-order valence-corrected chi connectivity index (χ0v) is 13.0. The van der Waals surface area contributed by atoms with Gasteiger partial charge in [0, 0.05) is 11.3 Å². The molecule has 1 aliphatic rings. The lowest BCUT2D eigenvalue weighted by Gasteiger charge is -2.42. The van der Waals surface area contributed by atoms with Gasteiger partial charge >= 0.3 is 0 Å². The molecule has 0 N–H and O–H groups in total. The van der Waals surface area contributed by atoms with Gasteiger partial charge in [-0.2, -0.15) is 0 Å². The Bertz CT molecular complexity index is 467. The van der Waals surface area contributed by atoms with Crippen molar-refractivity contribution in [2.24, 2.45) is 11.3 Å². The molecule has 19 heavy (non-hydrogen) atoms. The average molecular weight is 274 g/mol. The highest BCUT2D eigenvalue weighted by Gasteiger charge is 2.38. The molecule has 0 aliphatic carbocycles. The molecule has 1 aliphatic heterocycles. The van der Waals surface area contributed by atoms with Crippen LogP contribution < -0.4 is 0 Å². The molecule has 0 unspecified atom stereocenters. The van der Waals surface area contributed by atoms with Crippen molar-refractivity contribution in [3.05, 3.63) is 35.4 Å². The Kier molecular flexibility index (Phi) is 3.99. The lowest BCUT2D eigenvalue weighted by atomic mass is 9.82. The van der Waals surface area contributed by atoms with E-state index in [9.17, 15) is 0 Å². The maximum absolute atomic E-state index is 6.18. The van der Waals surface area contributed by atoms with Gasteiger partial charge in [0.1, 0.15) is 4.93 Å². The SMILES string of the molecule is C#Cc1ccc([C@@]2(C)OC[C@H](C(C)(C)C)CS2)cc1. The lowest BCUT2D eigenvalue weighted by Crippen LogP contribution is -2.38. The standard InChI is InChI=1S/C17H22OS/c1-6-13-7-9-14(10-8-13)17(5)18-11-15(12-19-17)16(2,3)4/h1,7-10,15H,11-12H2,2-5H3/t15-,17-/m0/s1. The van der Waals surface area contributed by atoms with Gasteiger partial charge in [0.2, 0.25) is 0 Å². The molecule has 0 aromatic heterocycles. The molecule has 1 heterocycles. The van der Waals surface area contributed by atoms with Gasteiger partial charge in [-0.05, 0) is 36.0 Å². The summed E-state index contributed by atoms with van der Waals surface area (Å²) in [5.74, 6) is 4.39. The predicted octanol–water partition coefficient (Wildman–Crippen LogP) is 4.27. The summed E-state index contributed by atoms with van der Waals surface area (Å²) in [7, 11) is 0. The molecule has 0 spiro atoms. The monoisotopic (exact) mass is 274 g/mol. The maximum Gasteiger partial charge on any atom is 0.136 e. The topological polar surface area (TPSA) is 9.23 Å². The van der Waals surface area contributed by atoms with Crippen molar-refractivity contribution in [1.82, 2.24) is 0 Å². The Labute approximate surface area is 121 Å². The average Bonchev–Trinajstić information content (AvgIpc) is 2.38. The molecule has 1 nitrogen and oxygen atoms in total. The van der Waals surface area contributed by atoms with Crippen LogP contribution in [0.25, 0.3) is 0 Å². The Morgan fingerprint density at radius 1 is 1.32 bits per heavy atom. The normalized spacial score (nSPS) is 27.8. The minimum absolute atomic E-state index is 0.241. The Morgan fingerprint density at radius 3 is 2.37 bits per heavy atom. The van der Waals surface area contributed by atoms with Crippen LogP contribution in [0.3, 0.4) is 0 Å². The molecular formula is C17H22OS. The van der Waals surface area contributed by atoms with Crippen LogP contribution in [0.1, 0.15) is 38.8 Å². The first-order chi connectivity index (χ1) is 8.85. The van der Waals surface area contributed by atoms with E-state index in [1.807, 2.05) is 23.9 Å². The molecular weight excluding hydrogens is 252 g/mol. The van der Waals surface area contributed by atoms with E-state index in [1.54, 1.807) is 0 Å². The first-order valence-corrected chi connectivity index (χ1v) is 7.69. The third-order valence-electron chi connectivity index (χ3n) is 3.92. The smallest absolute Gasteiger partial charge is 0.136 e. The van der Waals surface area contributed by atoms with Crippen LogP contribution in [0, 0.1) is 23.7 Å². The summed E-state index contributed by atoms with van der Waals surface area (Å²) in [6.07, 6.45) is 5.39. The first kappa shape index (κ1) is 14.5. The highest BCUT2D eigenvalue weighted by Crippen LogP contribution is 2.45. The van der Waals surface area contributed by atoms with Crippen molar-refractivity contribution < 1.29 is 4.74 Å². The largest absolute Gasteiger partial charge is 0.360 e. The van der Waals surface area contributed by atoms with Crippen molar-refractivity contribution in [2.75, 3.05) is 12.4 Å². The van der Waals surface area contributed by atoms with Crippen LogP contribution in [-0.4, -0.2) is 12.4 Å². The summed E-state index contributed by atoms with van der Waals surface area (Å²) in [4.78, 5) is -0.241. The van der Waals surface area contributed by atoms with Crippen LogP contribution >= 0.6 is 11.8 Å². The zero-order chi connectivity index (χ0) is 14.1. The van der Waals surface area contributed by atoms with E-state index in [4.69, 9.17) is 11.2 Å². The number of rotatable bonds is 1.